The molecule has 0 aliphatic rings. The molecule has 154 valence electrons. The van der Waals surface area contributed by atoms with E-state index in [1.807, 2.05) is 31.2 Å². The molecule has 0 unspecified atom stereocenters. The molecule has 0 saturated heterocycles. The zero-order valence-corrected chi connectivity index (χ0v) is 16.9. The Kier molecular flexibility index (Phi) is 5.20. The first-order valence-corrected chi connectivity index (χ1v) is 9.89. The van der Waals surface area contributed by atoms with Gasteiger partial charge in [0.25, 0.3) is 5.91 Å². The summed E-state index contributed by atoms with van der Waals surface area (Å²) in [5.74, 6) is -0.361. The summed E-state index contributed by atoms with van der Waals surface area (Å²) in [6.45, 7) is 1.83. The minimum absolute atomic E-state index is 0.111. The highest BCUT2D eigenvalue weighted by molar-refractivity contribution is 7.13. The number of pyridine rings is 1. The van der Waals surface area contributed by atoms with Crippen LogP contribution in [0, 0.1) is 6.92 Å². The molecule has 6 nitrogen and oxygen atoms in total. The summed E-state index contributed by atoms with van der Waals surface area (Å²) in [6, 6.07) is 8.52. The van der Waals surface area contributed by atoms with Crippen LogP contribution in [-0.2, 0) is 12.7 Å². The molecule has 0 bridgehead atoms. The first-order chi connectivity index (χ1) is 14.2. The Morgan fingerprint density at radius 1 is 1.23 bits per heavy atom. The number of hydrogen-bond donors (Lipinski definition) is 1. The van der Waals surface area contributed by atoms with Crippen LogP contribution in [0.4, 0.5) is 13.2 Å². The molecule has 0 atom stereocenters. The summed E-state index contributed by atoms with van der Waals surface area (Å²) in [6.07, 6.45) is -3.36. The molecular formula is C19H13ClF3N5OS. The topological polar surface area (TPSA) is 72.2 Å². The van der Waals surface area contributed by atoms with Crippen LogP contribution in [0.2, 0.25) is 5.02 Å². The number of nitrogens with zero attached hydrogens (tertiary/aromatic N) is 4. The molecule has 30 heavy (non-hydrogen) atoms. The smallest absolute Gasteiger partial charge is 0.343 e. The molecule has 1 aromatic carbocycles. The maximum absolute atomic E-state index is 13.2. The summed E-state index contributed by atoms with van der Waals surface area (Å²) in [5.41, 5.74) is 0.831. The van der Waals surface area contributed by atoms with E-state index in [-0.39, 0.29) is 28.7 Å². The lowest BCUT2D eigenvalue weighted by Crippen LogP contribution is -2.24. The molecular weight excluding hydrogens is 439 g/mol. The number of halogens is 4. The van der Waals surface area contributed by atoms with Gasteiger partial charge in [0.15, 0.2) is 11.5 Å². The SMILES string of the molecule is Cc1ccc(-c2nc(C(=O)NCc3nnc4c(C(F)(F)F)cc(Cl)cn34)cs2)cc1. The highest BCUT2D eigenvalue weighted by Gasteiger charge is 2.35. The predicted molar refractivity (Wildman–Crippen MR) is 106 cm³/mol. The maximum Gasteiger partial charge on any atom is 0.420 e. The largest absolute Gasteiger partial charge is 0.420 e. The molecule has 1 amide bonds. The first kappa shape index (κ1) is 20.3. The molecule has 0 radical (unpaired) electrons. The molecule has 0 aliphatic carbocycles. The Labute approximate surface area is 177 Å². The molecule has 3 heterocycles. The van der Waals surface area contributed by atoms with E-state index in [1.54, 1.807) is 5.38 Å². The van der Waals surface area contributed by atoms with Gasteiger partial charge in [0, 0.05) is 17.1 Å². The molecule has 4 rings (SSSR count). The van der Waals surface area contributed by atoms with E-state index in [2.05, 4.69) is 20.5 Å². The number of alkyl halides is 3. The highest BCUT2D eigenvalue weighted by atomic mass is 35.5. The van der Waals surface area contributed by atoms with Gasteiger partial charge in [-0.25, -0.2) is 4.98 Å². The maximum atomic E-state index is 13.2. The van der Waals surface area contributed by atoms with Crippen molar-refractivity contribution in [3.8, 4) is 10.6 Å². The number of carbonyl (C=O) groups is 1. The number of benzene rings is 1. The third kappa shape index (κ3) is 4.01. The summed E-state index contributed by atoms with van der Waals surface area (Å²) < 4.78 is 40.7. The van der Waals surface area contributed by atoms with Crippen LogP contribution in [0.25, 0.3) is 16.2 Å². The van der Waals surface area contributed by atoms with Crippen molar-refractivity contribution in [3.05, 3.63) is 69.6 Å². The third-order valence-corrected chi connectivity index (χ3v) is 5.39. The number of carbonyl (C=O) groups excluding carboxylic acids is 1. The quantitative estimate of drug-likeness (QED) is 0.485. The van der Waals surface area contributed by atoms with E-state index in [9.17, 15) is 18.0 Å². The first-order valence-electron chi connectivity index (χ1n) is 8.63. The van der Waals surface area contributed by atoms with Crippen LogP contribution in [0.5, 0.6) is 0 Å². The van der Waals surface area contributed by atoms with Gasteiger partial charge < -0.3 is 5.32 Å². The molecule has 0 spiro atoms. The third-order valence-electron chi connectivity index (χ3n) is 4.29. The number of rotatable bonds is 4. The van der Waals surface area contributed by atoms with Crippen LogP contribution in [0.15, 0.2) is 41.9 Å². The van der Waals surface area contributed by atoms with Gasteiger partial charge in [-0.05, 0) is 13.0 Å². The minimum atomic E-state index is -4.63. The fraction of sp³-hybridized carbons (Fsp3) is 0.158. The monoisotopic (exact) mass is 451 g/mol. The number of thiazole rings is 1. The van der Waals surface area contributed by atoms with E-state index in [0.29, 0.717) is 5.01 Å². The molecule has 0 fully saturated rings. The summed E-state index contributed by atoms with van der Waals surface area (Å²) in [4.78, 5) is 16.8. The van der Waals surface area contributed by atoms with E-state index in [4.69, 9.17) is 11.6 Å². The van der Waals surface area contributed by atoms with Gasteiger partial charge in [0.2, 0.25) is 0 Å². The minimum Gasteiger partial charge on any atom is -0.343 e. The average Bonchev–Trinajstić information content (AvgIpc) is 3.33. The van der Waals surface area contributed by atoms with Crippen molar-refractivity contribution in [1.29, 1.82) is 0 Å². The Hall–Kier alpha value is -2.98. The van der Waals surface area contributed by atoms with E-state index >= 15 is 0 Å². The Balaban J connectivity index is 1.53. The second-order valence-corrected chi connectivity index (χ2v) is 7.76. The number of aromatic nitrogens is 4. The Bertz CT molecular complexity index is 1230. The molecule has 1 N–H and O–H groups in total. The van der Waals surface area contributed by atoms with Gasteiger partial charge in [-0.2, -0.15) is 13.2 Å². The number of amides is 1. The van der Waals surface area contributed by atoms with Gasteiger partial charge in [0.05, 0.1) is 11.6 Å². The Morgan fingerprint density at radius 3 is 2.67 bits per heavy atom. The summed E-state index contributed by atoms with van der Waals surface area (Å²) >= 11 is 7.14. The van der Waals surface area contributed by atoms with Crippen LogP contribution in [0.1, 0.15) is 27.4 Å². The lowest BCUT2D eigenvalue weighted by Gasteiger charge is -2.09. The zero-order chi connectivity index (χ0) is 21.5. The van der Waals surface area contributed by atoms with Gasteiger partial charge in [0.1, 0.15) is 16.3 Å². The number of nitrogens with one attached hydrogen (secondary N) is 1. The van der Waals surface area contributed by atoms with Crippen molar-refractivity contribution in [2.75, 3.05) is 0 Å². The highest BCUT2D eigenvalue weighted by Crippen LogP contribution is 2.33. The second kappa shape index (κ2) is 7.69. The molecule has 3 aromatic heterocycles. The average molecular weight is 452 g/mol. The fourth-order valence-electron chi connectivity index (χ4n) is 2.79. The van der Waals surface area contributed by atoms with Crippen molar-refractivity contribution in [2.45, 2.75) is 19.6 Å². The van der Waals surface area contributed by atoms with Gasteiger partial charge in [-0.15, -0.1) is 21.5 Å². The van der Waals surface area contributed by atoms with Crippen molar-refractivity contribution >= 4 is 34.5 Å². The molecule has 4 aromatic rings. The fourth-order valence-corrected chi connectivity index (χ4v) is 3.80. The summed E-state index contributed by atoms with van der Waals surface area (Å²) in [7, 11) is 0. The van der Waals surface area contributed by atoms with Gasteiger partial charge in [-0.1, -0.05) is 41.4 Å². The standard InChI is InChI=1S/C19H13ClF3N5OS/c1-10-2-4-11(5-3-10)18-25-14(9-30-18)17(29)24-7-15-26-27-16-13(19(21,22)23)6-12(20)8-28(15)16/h2-6,8-9H,7H2,1H3,(H,24,29). The van der Waals surface area contributed by atoms with E-state index < -0.39 is 17.6 Å². The van der Waals surface area contributed by atoms with Crippen LogP contribution in [-0.4, -0.2) is 25.5 Å². The zero-order valence-electron chi connectivity index (χ0n) is 15.4. The van der Waals surface area contributed by atoms with E-state index in [0.717, 1.165) is 21.6 Å². The lowest BCUT2D eigenvalue weighted by molar-refractivity contribution is -0.136. The summed E-state index contributed by atoms with van der Waals surface area (Å²) in [5, 5.41) is 12.1. The van der Waals surface area contributed by atoms with Crippen molar-refractivity contribution in [2.24, 2.45) is 0 Å². The molecule has 0 saturated carbocycles. The predicted octanol–water partition coefficient (Wildman–Crippen LogP) is 4.76. The van der Waals surface area contributed by atoms with Crippen molar-refractivity contribution in [1.82, 2.24) is 24.9 Å². The number of fused-ring (bicyclic) bond motifs is 1. The van der Waals surface area contributed by atoms with Crippen molar-refractivity contribution < 1.29 is 18.0 Å². The Morgan fingerprint density at radius 2 is 1.97 bits per heavy atom. The lowest BCUT2D eigenvalue weighted by atomic mass is 10.2. The van der Waals surface area contributed by atoms with Crippen LogP contribution >= 0.6 is 22.9 Å². The van der Waals surface area contributed by atoms with Gasteiger partial charge >= 0.3 is 6.18 Å². The van der Waals surface area contributed by atoms with E-state index in [1.165, 1.54) is 17.5 Å². The molecule has 11 heteroatoms. The van der Waals surface area contributed by atoms with Crippen molar-refractivity contribution in [3.63, 3.8) is 0 Å². The van der Waals surface area contributed by atoms with Gasteiger partial charge in [-0.3, -0.25) is 9.20 Å². The normalized spacial score (nSPS) is 11.8. The van der Waals surface area contributed by atoms with Crippen LogP contribution < -0.4 is 5.32 Å². The molecule has 0 aliphatic heterocycles. The number of aryl methyl sites for hydroxylation is 1. The second-order valence-electron chi connectivity index (χ2n) is 6.47. The number of hydrogen-bond acceptors (Lipinski definition) is 5. The van der Waals surface area contributed by atoms with Crippen LogP contribution in [0.3, 0.4) is 0 Å².